The second-order valence-corrected chi connectivity index (χ2v) is 9.97. The second-order valence-electron chi connectivity index (χ2n) is 9.97. The van der Waals surface area contributed by atoms with Gasteiger partial charge in [-0.1, -0.05) is 96.1 Å². The smallest absolute Gasteiger partial charge is 0.183 e. The van der Waals surface area contributed by atoms with Crippen molar-refractivity contribution >= 4 is 22.8 Å². The van der Waals surface area contributed by atoms with Gasteiger partial charge in [0, 0.05) is 35.8 Å². The Balaban J connectivity index is 1.44. The molecular weight excluding hydrogens is 440 g/mol. The van der Waals surface area contributed by atoms with E-state index in [4.69, 9.17) is 0 Å². The number of fused-ring (bicyclic) bond motifs is 1. The highest BCUT2D eigenvalue weighted by Gasteiger charge is 2.33. The van der Waals surface area contributed by atoms with E-state index in [0.29, 0.717) is 5.92 Å². The van der Waals surface area contributed by atoms with Crippen molar-refractivity contribution in [3.05, 3.63) is 126 Å². The van der Waals surface area contributed by atoms with Crippen LogP contribution in [0.5, 0.6) is 0 Å². The first-order valence-electron chi connectivity index (χ1n) is 12.8. The number of ketones is 1. The highest BCUT2D eigenvalue weighted by Crippen LogP contribution is 2.35. The van der Waals surface area contributed by atoms with Gasteiger partial charge in [0.05, 0.1) is 6.04 Å². The average Bonchev–Trinajstić information content (AvgIpc) is 3.51. The zero-order chi connectivity index (χ0) is 25.1. The van der Waals surface area contributed by atoms with Crippen LogP contribution in [0.4, 0.5) is 0 Å². The lowest BCUT2D eigenvalue weighted by Crippen LogP contribution is -2.38. The monoisotopic (exact) mass is 474 g/mol. The molecule has 0 aliphatic carbocycles. The van der Waals surface area contributed by atoms with Crippen molar-refractivity contribution in [2.45, 2.75) is 38.8 Å². The molecular formula is C33H34N2O. The molecule has 1 aliphatic heterocycles. The van der Waals surface area contributed by atoms with Crippen LogP contribution in [0.25, 0.3) is 17.0 Å². The molecule has 2 heterocycles. The van der Waals surface area contributed by atoms with E-state index in [0.717, 1.165) is 42.7 Å². The van der Waals surface area contributed by atoms with E-state index in [1.807, 2.05) is 30.3 Å². The van der Waals surface area contributed by atoms with Crippen molar-refractivity contribution in [1.82, 2.24) is 9.47 Å². The summed E-state index contributed by atoms with van der Waals surface area (Å²) in [7, 11) is 0. The molecule has 1 aliphatic rings. The number of aryl methyl sites for hydroxylation is 2. The fourth-order valence-corrected chi connectivity index (χ4v) is 5.33. The van der Waals surface area contributed by atoms with Gasteiger partial charge in [-0.25, -0.2) is 0 Å². The molecule has 2 unspecified atom stereocenters. The lowest BCUT2D eigenvalue weighted by molar-refractivity contribution is 0.0891. The molecule has 0 spiro atoms. The fourth-order valence-electron chi connectivity index (χ4n) is 5.33. The van der Waals surface area contributed by atoms with Crippen LogP contribution in [-0.2, 0) is 6.54 Å². The van der Waals surface area contributed by atoms with Crippen LogP contribution in [0.3, 0.4) is 0 Å². The molecule has 0 radical (unpaired) electrons. The van der Waals surface area contributed by atoms with Gasteiger partial charge in [0.15, 0.2) is 5.78 Å². The van der Waals surface area contributed by atoms with Gasteiger partial charge in [-0.3, -0.25) is 9.69 Å². The zero-order valence-electron chi connectivity index (χ0n) is 21.2. The molecule has 0 bridgehead atoms. The van der Waals surface area contributed by atoms with Gasteiger partial charge in [0.2, 0.25) is 0 Å². The minimum Gasteiger partial charge on any atom is -0.343 e. The normalized spacial score (nSPS) is 17.1. The van der Waals surface area contributed by atoms with Crippen molar-refractivity contribution in [1.29, 1.82) is 0 Å². The summed E-state index contributed by atoms with van der Waals surface area (Å²) >= 11 is 0. The van der Waals surface area contributed by atoms with Crippen molar-refractivity contribution in [3.8, 4) is 0 Å². The predicted molar refractivity (Wildman–Crippen MR) is 151 cm³/mol. The topological polar surface area (TPSA) is 25.2 Å². The number of carbonyl (C=O) groups is 1. The van der Waals surface area contributed by atoms with Gasteiger partial charge >= 0.3 is 0 Å². The average molecular weight is 475 g/mol. The van der Waals surface area contributed by atoms with Crippen LogP contribution in [0.2, 0.25) is 0 Å². The minimum absolute atomic E-state index is 0.160. The Morgan fingerprint density at radius 1 is 1.00 bits per heavy atom. The minimum atomic E-state index is -0.291. The quantitative estimate of drug-likeness (QED) is 0.199. The molecule has 1 fully saturated rings. The van der Waals surface area contributed by atoms with Crippen LogP contribution in [0.15, 0.2) is 97.7 Å². The zero-order valence-corrected chi connectivity index (χ0v) is 21.2. The number of aromatic nitrogens is 1. The van der Waals surface area contributed by atoms with E-state index in [1.165, 1.54) is 22.0 Å². The molecule has 0 saturated carbocycles. The molecule has 0 amide bonds. The van der Waals surface area contributed by atoms with Crippen molar-refractivity contribution < 1.29 is 4.79 Å². The Kier molecular flexibility index (Phi) is 7.02. The number of carbonyl (C=O) groups excluding carboxylic acids is 1. The fraction of sp³-hybridized carbons (Fsp3) is 0.242. The lowest BCUT2D eigenvalue weighted by Gasteiger charge is -2.24. The third-order valence-electron chi connectivity index (χ3n) is 7.35. The maximum Gasteiger partial charge on any atom is 0.183 e. The van der Waals surface area contributed by atoms with Crippen molar-refractivity contribution in [3.63, 3.8) is 0 Å². The number of Topliss-reactive ketones (excluding diaryl/α,β-unsaturated/α-hetero) is 1. The predicted octanol–water partition coefficient (Wildman–Crippen LogP) is 7.20. The first-order valence-corrected chi connectivity index (χ1v) is 12.8. The van der Waals surface area contributed by atoms with E-state index in [2.05, 4.69) is 96.8 Å². The molecule has 3 heteroatoms. The maximum absolute atomic E-state index is 13.8. The summed E-state index contributed by atoms with van der Waals surface area (Å²) in [5.74, 6) is 0.551. The Labute approximate surface area is 214 Å². The number of hydrogen-bond donors (Lipinski definition) is 0. The molecule has 1 aromatic heterocycles. The van der Waals surface area contributed by atoms with E-state index < -0.39 is 0 Å². The summed E-state index contributed by atoms with van der Waals surface area (Å²) in [4.78, 5) is 16.1. The van der Waals surface area contributed by atoms with Crippen molar-refractivity contribution in [2.24, 2.45) is 0 Å². The Morgan fingerprint density at radius 3 is 2.42 bits per heavy atom. The summed E-state index contributed by atoms with van der Waals surface area (Å²) in [6, 6.07) is 24.7. The molecule has 3 nitrogen and oxygen atoms in total. The second kappa shape index (κ2) is 10.5. The molecule has 4 aromatic rings. The van der Waals surface area contributed by atoms with Gasteiger partial charge in [-0.05, 0) is 49.9 Å². The van der Waals surface area contributed by atoms with Crippen LogP contribution in [0, 0.1) is 13.8 Å². The SMILES string of the molecule is C=CCn1cc(C2CCN(C(C=Cc3ccc(C)cc3)C(=O)c3ccc(C)cc3)C2)c2ccccc21. The number of hydrogen-bond acceptors (Lipinski definition) is 2. The van der Waals surface area contributed by atoms with Gasteiger partial charge < -0.3 is 4.57 Å². The Hall–Kier alpha value is -3.69. The largest absolute Gasteiger partial charge is 0.343 e. The number of para-hydroxylation sites is 1. The van der Waals surface area contributed by atoms with Gasteiger partial charge in [0.25, 0.3) is 0 Å². The van der Waals surface area contributed by atoms with E-state index in [9.17, 15) is 4.79 Å². The third kappa shape index (κ3) is 4.98. The maximum atomic E-state index is 13.8. The lowest BCUT2D eigenvalue weighted by atomic mass is 9.97. The van der Waals surface area contributed by atoms with Gasteiger partial charge in [0.1, 0.15) is 0 Å². The summed E-state index contributed by atoms with van der Waals surface area (Å²) < 4.78 is 2.28. The highest BCUT2D eigenvalue weighted by molar-refractivity contribution is 6.01. The number of allylic oxidation sites excluding steroid dienone is 1. The first kappa shape index (κ1) is 24.0. The standard InChI is InChI=1S/C33H34N2O/c1-4-20-34-23-30(29-7-5-6-8-31(29)34)28-19-21-35(22-28)32(18-15-26-13-9-24(2)10-14-26)33(36)27-16-11-25(3)12-17-27/h4-18,23,28,32H,1,19-22H2,2-3H3. The molecule has 3 aromatic carbocycles. The molecule has 1 saturated heterocycles. The Bertz CT molecular complexity index is 1390. The van der Waals surface area contributed by atoms with Crippen LogP contribution < -0.4 is 0 Å². The molecule has 2 atom stereocenters. The molecule has 182 valence electrons. The number of nitrogens with zero attached hydrogens (tertiary/aromatic N) is 2. The third-order valence-corrected chi connectivity index (χ3v) is 7.35. The number of likely N-dealkylation sites (tertiary alicyclic amines) is 1. The molecule has 0 N–H and O–H groups in total. The first-order chi connectivity index (χ1) is 17.5. The molecule has 5 rings (SSSR count). The summed E-state index contributed by atoms with van der Waals surface area (Å²) in [5, 5.41) is 1.31. The van der Waals surface area contributed by atoms with Crippen LogP contribution in [-0.4, -0.2) is 34.4 Å². The summed E-state index contributed by atoms with van der Waals surface area (Å²) in [6.45, 7) is 10.6. The van der Waals surface area contributed by atoms with Crippen LogP contribution in [0.1, 0.15) is 45.0 Å². The van der Waals surface area contributed by atoms with Gasteiger partial charge in [-0.2, -0.15) is 0 Å². The van der Waals surface area contributed by atoms with E-state index in [1.54, 1.807) is 0 Å². The summed E-state index contributed by atoms with van der Waals surface area (Å²) in [6.07, 6.45) is 9.47. The molecule has 36 heavy (non-hydrogen) atoms. The number of rotatable bonds is 8. The Morgan fingerprint density at radius 2 is 1.69 bits per heavy atom. The van der Waals surface area contributed by atoms with E-state index >= 15 is 0 Å². The van der Waals surface area contributed by atoms with Crippen molar-refractivity contribution in [2.75, 3.05) is 13.1 Å². The highest BCUT2D eigenvalue weighted by atomic mass is 16.1. The van der Waals surface area contributed by atoms with Gasteiger partial charge in [-0.15, -0.1) is 6.58 Å². The van der Waals surface area contributed by atoms with Crippen LogP contribution >= 0.6 is 0 Å². The summed E-state index contributed by atoms with van der Waals surface area (Å²) in [5.41, 5.74) is 6.90. The van der Waals surface area contributed by atoms with E-state index in [-0.39, 0.29) is 11.8 Å². The number of benzene rings is 3.